The minimum Gasteiger partial charge on any atom is -0.305 e. The number of sulfone groups is 1. The van der Waals surface area contributed by atoms with Crippen LogP contribution in [0.3, 0.4) is 0 Å². The van der Waals surface area contributed by atoms with Crippen LogP contribution in [0.5, 0.6) is 0 Å². The Morgan fingerprint density at radius 1 is 1.22 bits per heavy atom. The van der Waals surface area contributed by atoms with Crippen LogP contribution in [0.15, 0.2) is 34.1 Å². The van der Waals surface area contributed by atoms with Crippen LogP contribution in [0, 0.1) is 19.7 Å². The molecule has 0 aliphatic rings. The lowest BCUT2D eigenvalue weighted by Crippen LogP contribution is -2.16. The molecule has 0 radical (unpaired) electrons. The van der Waals surface area contributed by atoms with E-state index in [9.17, 15) is 12.8 Å². The monoisotopic (exact) mass is 390 g/mol. The number of rotatable bonds is 5. The minimum atomic E-state index is -3.95. The highest BCUT2D eigenvalue weighted by Gasteiger charge is 2.29. The van der Waals surface area contributed by atoms with E-state index in [1.165, 1.54) is 18.2 Å². The number of benzene rings is 1. The average molecular weight is 390 g/mol. The molecule has 3 rings (SSSR count). The van der Waals surface area contributed by atoms with Crippen LogP contribution in [-0.2, 0) is 22.8 Å². The molecule has 0 atom stereocenters. The molecule has 8 heteroatoms. The molecule has 1 aromatic carbocycles. The van der Waals surface area contributed by atoms with Gasteiger partial charge in [-0.15, -0.1) is 0 Å². The molecule has 27 heavy (non-hydrogen) atoms. The number of halogens is 1. The summed E-state index contributed by atoms with van der Waals surface area (Å²) in [6.07, 6.45) is 0.425. The van der Waals surface area contributed by atoms with Crippen molar-refractivity contribution in [2.45, 2.75) is 43.5 Å². The molecule has 0 aliphatic heterocycles. The topological polar surface area (TPSA) is 67.6 Å². The van der Waals surface area contributed by atoms with Crippen LogP contribution in [0.4, 0.5) is 4.39 Å². The molecule has 0 saturated heterocycles. The molecule has 0 N–H and O–H groups in total. The quantitative estimate of drug-likeness (QED) is 0.670. The van der Waals surface area contributed by atoms with Crippen molar-refractivity contribution in [2.75, 3.05) is 14.1 Å². The van der Waals surface area contributed by atoms with Gasteiger partial charge in [0.05, 0.1) is 10.6 Å². The first-order valence-electron chi connectivity index (χ1n) is 8.69. The summed E-state index contributed by atoms with van der Waals surface area (Å²) in [5.74, 6) is -0.598. The first-order valence-corrected chi connectivity index (χ1v) is 10.2. The summed E-state index contributed by atoms with van der Waals surface area (Å²) in [6, 6.07) is 5.02. The van der Waals surface area contributed by atoms with Gasteiger partial charge in [-0.05, 0) is 52.6 Å². The van der Waals surface area contributed by atoms with E-state index in [4.69, 9.17) is 0 Å². The lowest BCUT2D eigenvalue weighted by Gasteiger charge is -2.15. The lowest BCUT2D eigenvalue weighted by atomic mass is 10.1. The van der Waals surface area contributed by atoms with Gasteiger partial charge < -0.3 is 4.90 Å². The number of hydrogen-bond donors (Lipinski definition) is 0. The molecule has 2 aromatic heterocycles. The summed E-state index contributed by atoms with van der Waals surface area (Å²) in [5, 5.41) is 4.52. The second kappa shape index (κ2) is 7.01. The third kappa shape index (κ3) is 3.35. The van der Waals surface area contributed by atoms with Crippen LogP contribution >= 0.6 is 0 Å². The maximum absolute atomic E-state index is 13.6. The van der Waals surface area contributed by atoms with E-state index >= 15 is 0 Å². The zero-order valence-electron chi connectivity index (χ0n) is 16.1. The van der Waals surface area contributed by atoms with Crippen molar-refractivity contribution < 1.29 is 12.8 Å². The van der Waals surface area contributed by atoms with Gasteiger partial charge in [0, 0.05) is 23.5 Å². The largest absolute Gasteiger partial charge is 0.305 e. The Kier molecular flexibility index (Phi) is 5.05. The van der Waals surface area contributed by atoms with Gasteiger partial charge in [0.15, 0.2) is 5.65 Å². The Labute approximate surface area is 158 Å². The van der Waals surface area contributed by atoms with Crippen molar-refractivity contribution >= 4 is 15.5 Å². The highest BCUT2D eigenvalue weighted by Crippen LogP contribution is 2.30. The second-order valence-corrected chi connectivity index (χ2v) is 8.71. The normalized spacial score (nSPS) is 12.3. The van der Waals surface area contributed by atoms with E-state index in [1.54, 1.807) is 4.52 Å². The zero-order valence-corrected chi connectivity index (χ0v) is 16.9. The van der Waals surface area contributed by atoms with Gasteiger partial charge >= 0.3 is 0 Å². The van der Waals surface area contributed by atoms with E-state index in [-0.39, 0.29) is 15.4 Å². The number of aryl methyl sites for hydroxylation is 3. The van der Waals surface area contributed by atoms with Crippen LogP contribution < -0.4 is 0 Å². The molecule has 0 fully saturated rings. The van der Waals surface area contributed by atoms with E-state index < -0.39 is 15.7 Å². The van der Waals surface area contributed by atoms with E-state index in [0.29, 0.717) is 18.7 Å². The summed E-state index contributed by atoms with van der Waals surface area (Å²) < 4.78 is 41.7. The summed E-state index contributed by atoms with van der Waals surface area (Å²) in [4.78, 5) is 6.56. The van der Waals surface area contributed by atoms with Crippen LogP contribution in [0.25, 0.3) is 5.65 Å². The molecule has 0 saturated carbocycles. The third-order valence-corrected chi connectivity index (χ3v) is 6.37. The van der Waals surface area contributed by atoms with Gasteiger partial charge in [-0.3, -0.25) is 0 Å². The molecule has 3 aromatic rings. The molecule has 6 nitrogen and oxygen atoms in total. The van der Waals surface area contributed by atoms with Crippen molar-refractivity contribution in [3.05, 3.63) is 52.7 Å². The number of fused-ring (bicyclic) bond motifs is 1. The first-order chi connectivity index (χ1) is 12.7. The fourth-order valence-electron chi connectivity index (χ4n) is 3.19. The molecule has 144 valence electrons. The highest BCUT2D eigenvalue weighted by molar-refractivity contribution is 7.91. The minimum absolute atomic E-state index is 0.0539. The first kappa shape index (κ1) is 19.4. The summed E-state index contributed by atoms with van der Waals surface area (Å²) in [7, 11) is -0.0296. The van der Waals surface area contributed by atoms with Crippen LogP contribution in [0.2, 0.25) is 0 Å². The lowest BCUT2D eigenvalue weighted by molar-refractivity contribution is 0.398. The fourth-order valence-corrected chi connectivity index (χ4v) is 4.82. The molecule has 0 amide bonds. The van der Waals surface area contributed by atoms with Gasteiger partial charge in [-0.1, -0.05) is 13.0 Å². The van der Waals surface area contributed by atoms with Gasteiger partial charge in [0.2, 0.25) is 9.84 Å². The molecule has 2 heterocycles. The SMILES string of the molecule is CCc1nn2c(C)c(CN(C)C)c(C)nc2c1S(=O)(=O)c1cccc(F)c1. The van der Waals surface area contributed by atoms with E-state index in [1.807, 2.05) is 39.8 Å². The number of aromatic nitrogens is 3. The van der Waals surface area contributed by atoms with Gasteiger partial charge in [0.1, 0.15) is 10.7 Å². The van der Waals surface area contributed by atoms with Crippen molar-refractivity contribution in [3.63, 3.8) is 0 Å². The van der Waals surface area contributed by atoms with Crippen molar-refractivity contribution in [2.24, 2.45) is 0 Å². The number of nitrogens with zero attached hydrogens (tertiary/aromatic N) is 4. The highest BCUT2D eigenvalue weighted by atomic mass is 32.2. The smallest absolute Gasteiger partial charge is 0.212 e. The second-order valence-electron chi connectivity index (χ2n) is 6.82. The molecule has 0 bridgehead atoms. The van der Waals surface area contributed by atoms with E-state index in [2.05, 4.69) is 10.1 Å². The number of hydrogen-bond acceptors (Lipinski definition) is 5. The maximum atomic E-state index is 13.6. The Morgan fingerprint density at radius 2 is 1.93 bits per heavy atom. The predicted octanol–water partition coefficient (Wildman–Crippen LogP) is 2.94. The fraction of sp³-hybridized carbons (Fsp3) is 0.368. The standard InChI is InChI=1S/C19H23FN4O2S/c1-6-17-18(27(25,26)15-9-7-8-14(20)10-15)19-21-12(2)16(11-23(4)5)13(3)24(19)22-17/h7-10H,6,11H2,1-5H3. The van der Waals surface area contributed by atoms with Gasteiger partial charge in [-0.2, -0.15) is 5.10 Å². The van der Waals surface area contributed by atoms with Crippen LogP contribution in [0.1, 0.15) is 29.6 Å². The third-order valence-electron chi connectivity index (χ3n) is 4.54. The predicted molar refractivity (Wildman–Crippen MR) is 101 cm³/mol. The van der Waals surface area contributed by atoms with Gasteiger partial charge in [-0.25, -0.2) is 22.3 Å². The average Bonchev–Trinajstić information content (AvgIpc) is 2.97. The Morgan fingerprint density at radius 3 is 2.52 bits per heavy atom. The summed E-state index contributed by atoms with van der Waals surface area (Å²) in [6.45, 7) is 6.29. The van der Waals surface area contributed by atoms with Crippen LogP contribution in [-0.4, -0.2) is 42.0 Å². The molecule has 0 spiro atoms. The molecule has 0 aliphatic carbocycles. The van der Waals surface area contributed by atoms with Crippen molar-refractivity contribution in [1.29, 1.82) is 0 Å². The molecular formula is C19H23FN4O2S. The van der Waals surface area contributed by atoms with Crippen molar-refractivity contribution in [1.82, 2.24) is 19.5 Å². The molecule has 0 unspecified atom stereocenters. The Bertz CT molecular complexity index is 1120. The van der Waals surface area contributed by atoms with Gasteiger partial charge in [0.25, 0.3) is 0 Å². The summed E-state index contributed by atoms with van der Waals surface area (Å²) in [5.41, 5.74) is 3.32. The van der Waals surface area contributed by atoms with Crippen molar-refractivity contribution in [3.8, 4) is 0 Å². The summed E-state index contributed by atoms with van der Waals surface area (Å²) >= 11 is 0. The molecular weight excluding hydrogens is 367 g/mol. The maximum Gasteiger partial charge on any atom is 0.212 e. The zero-order chi connectivity index (χ0) is 19.9. The van der Waals surface area contributed by atoms with E-state index in [0.717, 1.165) is 23.0 Å². The Balaban J connectivity index is 2.33. The Hall–Kier alpha value is -2.32.